The van der Waals surface area contributed by atoms with Crippen LogP contribution in [0, 0.1) is 0 Å². The molecule has 1 aliphatic rings. The number of aliphatic imine (C=N–C) groups is 1. The van der Waals surface area contributed by atoms with E-state index in [1.165, 1.54) is 0 Å². The SMILES string of the molecule is CN=C1C=Cc2c(SC)cccc2C1=O. The van der Waals surface area contributed by atoms with Crippen molar-refractivity contribution >= 4 is 29.3 Å². The van der Waals surface area contributed by atoms with Crippen molar-refractivity contribution in [1.29, 1.82) is 0 Å². The summed E-state index contributed by atoms with van der Waals surface area (Å²) in [5, 5.41) is 0. The maximum atomic E-state index is 11.9. The highest BCUT2D eigenvalue weighted by atomic mass is 32.2. The van der Waals surface area contributed by atoms with Gasteiger partial charge in [0.25, 0.3) is 0 Å². The Bertz CT molecular complexity index is 475. The van der Waals surface area contributed by atoms with E-state index in [-0.39, 0.29) is 5.78 Å². The quantitative estimate of drug-likeness (QED) is 0.677. The fraction of sp³-hybridized carbons (Fsp3) is 0.167. The van der Waals surface area contributed by atoms with Gasteiger partial charge in [-0.2, -0.15) is 0 Å². The Morgan fingerprint density at radius 3 is 2.73 bits per heavy atom. The van der Waals surface area contributed by atoms with Crippen molar-refractivity contribution in [1.82, 2.24) is 0 Å². The molecule has 1 aromatic carbocycles. The summed E-state index contributed by atoms with van der Waals surface area (Å²) >= 11 is 1.65. The lowest BCUT2D eigenvalue weighted by atomic mass is 9.95. The zero-order valence-corrected chi connectivity index (χ0v) is 9.47. The van der Waals surface area contributed by atoms with Crippen LogP contribution < -0.4 is 0 Å². The first-order valence-electron chi connectivity index (χ1n) is 4.64. The van der Waals surface area contributed by atoms with Gasteiger partial charge in [0.2, 0.25) is 5.78 Å². The molecule has 2 rings (SSSR count). The van der Waals surface area contributed by atoms with E-state index in [2.05, 4.69) is 4.99 Å². The van der Waals surface area contributed by atoms with Gasteiger partial charge in [0.1, 0.15) is 5.71 Å². The van der Waals surface area contributed by atoms with Crippen molar-refractivity contribution < 1.29 is 4.79 Å². The number of rotatable bonds is 1. The van der Waals surface area contributed by atoms with Crippen molar-refractivity contribution in [3.63, 3.8) is 0 Å². The summed E-state index contributed by atoms with van der Waals surface area (Å²) in [6, 6.07) is 5.79. The van der Waals surface area contributed by atoms with Gasteiger partial charge in [-0.15, -0.1) is 11.8 Å². The lowest BCUT2D eigenvalue weighted by molar-refractivity contribution is 0.106. The highest BCUT2D eigenvalue weighted by Crippen LogP contribution is 2.27. The van der Waals surface area contributed by atoms with E-state index < -0.39 is 0 Å². The molecule has 1 aromatic rings. The van der Waals surface area contributed by atoms with Crippen molar-refractivity contribution in [2.24, 2.45) is 4.99 Å². The lowest BCUT2D eigenvalue weighted by Gasteiger charge is -2.13. The van der Waals surface area contributed by atoms with Gasteiger partial charge in [0.05, 0.1) is 0 Å². The summed E-state index contributed by atoms with van der Waals surface area (Å²) in [5.41, 5.74) is 2.30. The number of nitrogens with zero attached hydrogens (tertiary/aromatic N) is 1. The van der Waals surface area contributed by atoms with Gasteiger partial charge in [-0.3, -0.25) is 9.79 Å². The average Bonchev–Trinajstić information content (AvgIpc) is 2.29. The molecule has 0 fully saturated rings. The molecular formula is C12H11NOS. The van der Waals surface area contributed by atoms with E-state index in [4.69, 9.17) is 0 Å². The minimum atomic E-state index is 0.0194. The highest BCUT2D eigenvalue weighted by molar-refractivity contribution is 7.98. The molecule has 0 unspecified atom stereocenters. The Balaban J connectivity index is 2.63. The smallest absolute Gasteiger partial charge is 0.211 e. The number of Topliss-reactive ketones (excluding diaryl/α,β-unsaturated/α-hetero) is 1. The van der Waals surface area contributed by atoms with Crippen molar-refractivity contribution in [3.05, 3.63) is 35.4 Å². The molecule has 15 heavy (non-hydrogen) atoms. The van der Waals surface area contributed by atoms with Crippen LogP contribution in [0.4, 0.5) is 0 Å². The molecule has 0 spiro atoms. The number of hydrogen-bond acceptors (Lipinski definition) is 3. The summed E-state index contributed by atoms with van der Waals surface area (Å²) in [6.07, 6.45) is 5.76. The molecule has 0 N–H and O–H groups in total. The number of fused-ring (bicyclic) bond motifs is 1. The molecule has 0 atom stereocenters. The minimum absolute atomic E-state index is 0.0194. The van der Waals surface area contributed by atoms with Gasteiger partial charge in [0, 0.05) is 17.5 Å². The van der Waals surface area contributed by atoms with Crippen molar-refractivity contribution in [2.45, 2.75) is 4.90 Å². The van der Waals surface area contributed by atoms with Crippen molar-refractivity contribution in [3.8, 4) is 0 Å². The first kappa shape index (κ1) is 10.2. The number of ketones is 1. The van der Waals surface area contributed by atoms with Crippen LogP contribution in [-0.2, 0) is 0 Å². The summed E-state index contributed by atoms with van der Waals surface area (Å²) < 4.78 is 0. The fourth-order valence-electron chi connectivity index (χ4n) is 1.64. The second-order valence-corrected chi connectivity index (χ2v) is 4.04. The van der Waals surface area contributed by atoms with E-state index in [1.54, 1.807) is 24.9 Å². The molecule has 0 saturated carbocycles. The van der Waals surface area contributed by atoms with Crippen LogP contribution in [0.3, 0.4) is 0 Å². The molecule has 0 heterocycles. The van der Waals surface area contributed by atoms with Gasteiger partial charge in [-0.1, -0.05) is 18.2 Å². The summed E-state index contributed by atoms with van der Waals surface area (Å²) in [7, 11) is 1.64. The molecule has 3 heteroatoms. The maximum Gasteiger partial charge on any atom is 0.211 e. The standard InChI is InChI=1S/C12H11NOS/c1-13-10-7-6-8-9(12(10)14)4-3-5-11(8)15-2/h3-7H,1-2H3. The van der Waals surface area contributed by atoms with Crippen LogP contribution >= 0.6 is 11.8 Å². The summed E-state index contributed by atoms with van der Waals surface area (Å²) in [4.78, 5) is 17.0. The Kier molecular flexibility index (Phi) is 2.73. The number of allylic oxidation sites excluding steroid dienone is 1. The third-order valence-electron chi connectivity index (χ3n) is 2.41. The Morgan fingerprint density at radius 1 is 1.27 bits per heavy atom. The van der Waals surface area contributed by atoms with E-state index in [9.17, 15) is 4.79 Å². The monoisotopic (exact) mass is 217 g/mol. The topological polar surface area (TPSA) is 29.4 Å². The van der Waals surface area contributed by atoms with E-state index in [0.29, 0.717) is 5.71 Å². The zero-order valence-electron chi connectivity index (χ0n) is 8.65. The number of carbonyl (C=O) groups is 1. The molecule has 0 radical (unpaired) electrons. The number of hydrogen-bond donors (Lipinski definition) is 0. The van der Waals surface area contributed by atoms with Gasteiger partial charge in [-0.05, 0) is 24.0 Å². The minimum Gasteiger partial charge on any atom is -0.287 e. The van der Waals surface area contributed by atoms with Crippen LogP contribution in [0.1, 0.15) is 15.9 Å². The van der Waals surface area contributed by atoms with E-state index >= 15 is 0 Å². The average molecular weight is 217 g/mol. The Hall–Kier alpha value is -1.35. The molecule has 0 bridgehead atoms. The molecule has 2 nitrogen and oxygen atoms in total. The third kappa shape index (κ3) is 1.63. The maximum absolute atomic E-state index is 11.9. The molecule has 0 aliphatic heterocycles. The number of benzene rings is 1. The van der Waals surface area contributed by atoms with Crippen LogP contribution in [-0.4, -0.2) is 24.8 Å². The lowest BCUT2D eigenvalue weighted by Crippen LogP contribution is -2.16. The van der Waals surface area contributed by atoms with Crippen LogP contribution in [0.5, 0.6) is 0 Å². The second kappa shape index (κ2) is 4.03. The molecule has 76 valence electrons. The predicted molar refractivity (Wildman–Crippen MR) is 64.9 cm³/mol. The first-order valence-corrected chi connectivity index (χ1v) is 5.87. The highest BCUT2D eigenvalue weighted by Gasteiger charge is 2.19. The number of carbonyl (C=O) groups excluding carboxylic acids is 1. The predicted octanol–water partition coefficient (Wildman–Crippen LogP) is 2.69. The normalized spacial score (nSPS) is 16.9. The van der Waals surface area contributed by atoms with E-state index in [0.717, 1.165) is 16.0 Å². The molecule has 0 aromatic heterocycles. The van der Waals surface area contributed by atoms with Gasteiger partial charge >= 0.3 is 0 Å². The molecule has 0 amide bonds. The molecule has 1 aliphatic carbocycles. The third-order valence-corrected chi connectivity index (χ3v) is 3.21. The van der Waals surface area contributed by atoms with Crippen molar-refractivity contribution in [2.75, 3.05) is 13.3 Å². The molecular weight excluding hydrogens is 206 g/mol. The van der Waals surface area contributed by atoms with E-state index in [1.807, 2.05) is 30.5 Å². The second-order valence-electron chi connectivity index (χ2n) is 3.19. The van der Waals surface area contributed by atoms with Crippen LogP contribution in [0.15, 0.2) is 34.2 Å². The van der Waals surface area contributed by atoms with Gasteiger partial charge in [-0.25, -0.2) is 0 Å². The first-order chi connectivity index (χ1) is 7.27. The molecule has 0 saturated heterocycles. The van der Waals surface area contributed by atoms with Crippen LogP contribution in [0.2, 0.25) is 0 Å². The van der Waals surface area contributed by atoms with Gasteiger partial charge < -0.3 is 0 Å². The zero-order chi connectivity index (χ0) is 10.8. The Morgan fingerprint density at radius 2 is 2.07 bits per heavy atom. The van der Waals surface area contributed by atoms with Gasteiger partial charge in [0.15, 0.2) is 0 Å². The summed E-state index contributed by atoms with van der Waals surface area (Å²) in [6.45, 7) is 0. The fourth-order valence-corrected chi connectivity index (χ4v) is 2.26. The number of thioether (sulfide) groups is 1. The summed E-state index contributed by atoms with van der Waals surface area (Å²) in [5.74, 6) is 0.0194. The van der Waals surface area contributed by atoms with Crippen LogP contribution in [0.25, 0.3) is 6.08 Å². The largest absolute Gasteiger partial charge is 0.287 e. The Labute approximate surface area is 93.1 Å².